The molecular weight excluding hydrogens is 246 g/mol. The van der Waals surface area contributed by atoms with Gasteiger partial charge in [0.2, 0.25) is 0 Å². The van der Waals surface area contributed by atoms with Gasteiger partial charge in [0.15, 0.2) is 0 Å². The SMILES string of the molecule is CCc1ccccc1C(O)c1cccc2ccncc12. The Labute approximate surface area is 118 Å². The first-order valence-corrected chi connectivity index (χ1v) is 6.89. The molecule has 0 fully saturated rings. The third kappa shape index (κ3) is 2.19. The van der Waals surface area contributed by atoms with Crippen LogP contribution in [-0.2, 0) is 6.42 Å². The average molecular weight is 263 g/mol. The highest BCUT2D eigenvalue weighted by molar-refractivity contribution is 5.85. The van der Waals surface area contributed by atoms with Crippen LogP contribution < -0.4 is 0 Å². The van der Waals surface area contributed by atoms with E-state index in [-0.39, 0.29) is 0 Å². The molecule has 100 valence electrons. The fourth-order valence-electron chi connectivity index (χ4n) is 2.67. The number of hydrogen-bond acceptors (Lipinski definition) is 2. The summed E-state index contributed by atoms with van der Waals surface area (Å²) in [6.45, 7) is 2.11. The van der Waals surface area contributed by atoms with Gasteiger partial charge in [-0.15, -0.1) is 0 Å². The number of aryl methyl sites for hydroxylation is 1. The van der Waals surface area contributed by atoms with Crippen molar-refractivity contribution in [3.8, 4) is 0 Å². The fraction of sp³-hybridized carbons (Fsp3) is 0.167. The summed E-state index contributed by atoms with van der Waals surface area (Å²) in [5, 5.41) is 12.9. The Balaban J connectivity index is 2.15. The van der Waals surface area contributed by atoms with Crippen LogP contribution in [-0.4, -0.2) is 10.1 Å². The molecule has 1 N–H and O–H groups in total. The lowest BCUT2D eigenvalue weighted by Crippen LogP contribution is -2.04. The molecule has 20 heavy (non-hydrogen) atoms. The number of hydrogen-bond donors (Lipinski definition) is 1. The predicted molar refractivity (Wildman–Crippen MR) is 81.6 cm³/mol. The van der Waals surface area contributed by atoms with Crippen molar-refractivity contribution in [1.82, 2.24) is 4.98 Å². The summed E-state index contributed by atoms with van der Waals surface area (Å²) in [5.41, 5.74) is 3.07. The van der Waals surface area contributed by atoms with E-state index in [4.69, 9.17) is 0 Å². The molecule has 2 heteroatoms. The lowest BCUT2D eigenvalue weighted by Gasteiger charge is -2.17. The highest BCUT2D eigenvalue weighted by atomic mass is 16.3. The Morgan fingerprint density at radius 2 is 1.80 bits per heavy atom. The summed E-state index contributed by atoms with van der Waals surface area (Å²) >= 11 is 0. The van der Waals surface area contributed by atoms with Crippen molar-refractivity contribution in [2.45, 2.75) is 19.4 Å². The van der Waals surface area contributed by atoms with Gasteiger partial charge < -0.3 is 5.11 Å². The number of pyridine rings is 1. The van der Waals surface area contributed by atoms with Gasteiger partial charge in [-0.05, 0) is 34.6 Å². The van der Waals surface area contributed by atoms with Gasteiger partial charge in [-0.3, -0.25) is 4.98 Å². The molecule has 2 aromatic carbocycles. The molecule has 2 nitrogen and oxygen atoms in total. The van der Waals surface area contributed by atoms with Crippen LogP contribution in [0.4, 0.5) is 0 Å². The van der Waals surface area contributed by atoms with E-state index in [1.165, 1.54) is 5.56 Å². The molecule has 0 saturated heterocycles. The van der Waals surface area contributed by atoms with E-state index in [1.807, 2.05) is 48.7 Å². The van der Waals surface area contributed by atoms with E-state index in [2.05, 4.69) is 18.0 Å². The van der Waals surface area contributed by atoms with Gasteiger partial charge in [-0.25, -0.2) is 0 Å². The van der Waals surface area contributed by atoms with E-state index in [0.29, 0.717) is 0 Å². The zero-order valence-electron chi connectivity index (χ0n) is 11.5. The van der Waals surface area contributed by atoms with Gasteiger partial charge in [0.05, 0.1) is 0 Å². The molecule has 0 saturated carbocycles. The Morgan fingerprint density at radius 1 is 1.00 bits per heavy atom. The standard InChI is InChI=1S/C18H17NO/c1-2-13-6-3-4-8-15(13)18(20)16-9-5-7-14-10-11-19-12-17(14)16/h3-12,18,20H,2H2,1H3. The van der Waals surface area contributed by atoms with Crippen molar-refractivity contribution in [1.29, 1.82) is 0 Å². The van der Waals surface area contributed by atoms with Crippen LogP contribution in [0.3, 0.4) is 0 Å². The number of nitrogens with zero attached hydrogens (tertiary/aromatic N) is 1. The summed E-state index contributed by atoms with van der Waals surface area (Å²) in [4.78, 5) is 4.18. The highest BCUT2D eigenvalue weighted by Gasteiger charge is 2.15. The molecule has 1 unspecified atom stereocenters. The third-order valence-electron chi connectivity index (χ3n) is 3.74. The second kappa shape index (κ2) is 5.43. The summed E-state index contributed by atoms with van der Waals surface area (Å²) in [6.07, 6.45) is 3.90. The minimum absolute atomic E-state index is 0.612. The molecular formula is C18H17NO. The van der Waals surface area contributed by atoms with Gasteiger partial charge >= 0.3 is 0 Å². The van der Waals surface area contributed by atoms with Crippen molar-refractivity contribution in [3.05, 3.63) is 77.6 Å². The monoisotopic (exact) mass is 263 g/mol. The topological polar surface area (TPSA) is 33.1 Å². The normalized spacial score (nSPS) is 12.5. The predicted octanol–water partition coefficient (Wildman–Crippen LogP) is 3.88. The largest absolute Gasteiger partial charge is 0.384 e. The van der Waals surface area contributed by atoms with Crippen LogP contribution in [0.15, 0.2) is 60.9 Å². The zero-order valence-corrected chi connectivity index (χ0v) is 11.5. The molecule has 1 atom stereocenters. The number of fused-ring (bicyclic) bond motifs is 1. The number of aromatic nitrogens is 1. The van der Waals surface area contributed by atoms with Crippen LogP contribution >= 0.6 is 0 Å². The van der Waals surface area contributed by atoms with Crippen LogP contribution in [0.25, 0.3) is 10.8 Å². The Kier molecular flexibility index (Phi) is 3.48. The summed E-state index contributed by atoms with van der Waals surface area (Å²) in [7, 11) is 0. The molecule has 0 spiro atoms. The first-order valence-electron chi connectivity index (χ1n) is 6.89. The second-order valence-corrected chi connectivity index (χ2v) is 4.90. The number of aliphatic hydroxyl groups excluding tert-OH is 1. The quantitative estimate of drug-likeness (QED) is 0.778. The van der Waals surface area contributed by atoms with Crippen molar-refractivity contribution >= 4 is 10.8 Å². The summed E-state index contributed by atoms with van der Waals surface area (Å²) < 4.78 is 0. The van der Waals surface area contributed by atoms with Gasteiger partial charge in [-0.2, -0.15) is 0 Å². The maximum absolute atomic E-state index is 10.8. The molecule has 3 rings (SSSR count). The van der Waals surface area contributed by atoms with E-state index in [0.717, 1.165) is 28.3 Å². The van der Waals surface area contributed by atoms with Crippen molar-refractivity contribution in [3.63, 3.8) is 0 Å². The van der Waals surface area contributed by atoms with Crippen molar-refractivity contribution < 1.29 is 5.11 Å². The minimum atomic E-state index is -0.612. The lowest BCUT2D eigenvalue weighted by atomic mass is 9.93. The van der Waals surface area contributed by atoms with E-state index in [9.17, 15) is 5.11 Å². The molecule has 3 aromatic rings. The molecule has 1 heterocycles. The van der Waals surface area contributed by atoms with Gasteiger partial charge in [0.25, 0.3) is 0 Å². The number of aliphatic hydroxyl groups is 1. The highest BCUT2D eigenvalue weighted by Crippen LogP contribution is 2.30. The smallest absolute Gasteiger partial charge is 0.105 e. The van der Waals surface area contributed by atoms with Gasteiger partial charge in [0.1, 0.15) is 6.10 Å². The first-order chi connectivity index (χ1) is 9.81. The summed E-state index contributed by atoms with van der Waals surface area (Å²) in [5.74, 6) is 0. The van der Waals surface area contributed by atoms with Crippen molar-refractivity contribution in [2.24, 2.45) is 0 Å². The van der Waals surface area contributed by atoms with E-state index < -0.39 is 6.10 Å². The minimum Gasteiger partial charge on any atom is -0.384 e. The molecule has 0 bridgehead atoms. The molecule has 0 aliphatic heterocycles. The van der Waals surface area contributed by atoms with Crippen LogP contribution in [0, 0.1) is 0 Å². The second-order valence-electron chi connectivity index (χ2n) is 4.90. The first kappa shape index (κ1) is 12.8. The van der Waals surface area contributed by atoms with E-state index >= 15 is 0 Å². The fourth-order valence-corrected chi connectivity index (χ4v) is 2.67. The molecule has 0 amide bonds. The Hall–Kier alpha value is -2.19. The third-order valence-corrected chi connectivity index (χ3v) is 3.74. The average Bonchev–Trinajstić information content (AvgIpc) is 2.53. The molecule has 0 radical (unpaired) electrons. The molecule has 0 aliphatic rings. The zero-order chi connectivity index (χ0) is 13.9. The van der Waals surface area contributed by atoms with Crippen LogP contribution in [0.2, 0.25) is 0 Å². The van der Waals surface area contributed by atoms with E-state index in [1.54, 1.807) is 6.20 Å². The Bertz CT molecular complexity index is 731. The maximum Gasteiger partial charge on any atom is 0.105 e. The van der Waals surface area contributed by atoms with Gasteiger partial charge in [0, 0.05) is 17.8 Å². The molecule has 0 aliphatic carbocycles. The summed E-state index contributed by atoms with van der Waals surface area (Å²) in [6, 6.07) is 16.0. The maximum atomic E-state index is 10.8. The van der Waals surface area contributed by atoms with Crippen LogP contribution in [0.5, 0.6) is 0 Å². The van der Waals surface area contributed by atoms with Crippen LogP contribution in [0.1, 0.15) is 29.7 Å². The number of benzene rings is 2. The lowest BCUT2D eigenvalue weighted by molar-refractivity contribution is 0.221. The number of rotatable bonds is 3. The Morgan fingerprint density at radius 3 is 2.65 bits per heavy atom. The van der Waals surface area contributed by atoms with Gasteiger partial charge in [-0.1, -0.05) is 49.4 Å². The molecule has 1 aromatic heterocycles. The van der Waals surface area contributed by atoms with Crippen molar-refractivity contribution in [2.75, 3.05) is 0 Å².